The molecule has 0 amide bonds. The zero-order chi connectivity index (χ0) is 17.5. The summed E-state index contributed by atoms with van der Waals surface area (Å²) < 4.78 is 31.2. The highest BCUT2D eigenvalue weighted by Crippen LogP contribution is 2.36. The number of nitrogens with zero attached hydrogens (tertiary/aromatic N) is 1. The molecule has 1 heterocycles. The first-order chi connectivity index (χ1) is 11.3. The van der Waals surface area contributed by atoms with E-state index in [1.165, 1.54) is 13.2 Å². The van der Waals surface area contributed by atoms with E-state index in [0.29, 0.717) is 11.3 Å². The smallest absolute Gasteiger partial charge is 0.339 e. The van der Waals surface area contributed by atoms with E-state index >= 15 is 0 Å². The Hall–Kier alpha value is -2.09. The third-order valence-corrected chi connectivity index (χ3v) is 5.90. The van der Waals surface area contributed by atoms with Crippen LogP contribution in [0.5, 0.6) is 0 Å². The Bertz CT molecular complexity index is 910. The number of methoxy groups -OCH3 is 1. The van der Waals surface area contributed by atoms with Gasteiger partial charge in [-0.25, -0.2) is 13.2 Å². The second-order valence-electron chi connectivity index (χ2n) is 5.38. The summed E-state index contributed by atoms with van der Waals surface area (Å²) in [5.74, 6) is -0.567. The Morgan fingerprint density at radius 2 is 1.88 bits per heavy atom. The van der Waals surface area contributed by atoms with Crippen molar-refractivity contribution in [1.82, 2.24) is 4.41 Å². The van der Waals surface area contributed by atoms with E-state index in [4.69, 9.17) is 11.6 Å². The molecule has 24 heavy (non-hydrogen) atoms. The first kappa shape index (κ1) is 16.8. The molecule has 0 spiro atoms. The lowest BCUT2D eigenvalue weighted by Crippen LogP contribution is -2.31. The molecule has 0 unspecified atom stereocenters. The van der Waals surface area contributed by atoms with Gasteiger partial charge in [-0.2, -0.15) is 0 Å². The lowest BCUT2D eigenvalue weighted by molar-refractivity contribution is 0.0601. The van der Waals surface area contributed by atoms with Gasteiger partial charge >= 0.3 is 5.97 Å². The molecule has 126 valence electrons. The van der Waals surface area contributed by atoms with Crippen LogP contribution in [0.15, 0.2) is 41.3 Å². The Balaban J connectivity index is 1.95. The fourth-order valence-electron chi connectivity index (χ4n) is 2.45. The molecule has 2 aromatic carbocycles. The molecule has 0 saturated carbocycles. The zero-order valence-corrected chi connectivity index (χ0v) is 14.6. The third kappa shape index (κ3) is 2.75. The van der Waals surface area contributed by atoms with Gasteiger partial charge in [0.15, 0.2) is 0 Å². The van der Waals surface area contributed by atoms with Gasteiger partial charge in [0.25, 0.3) is 10.0 Å². The first-order valence-electron chi connectivity index (χ1n) is 7.10. The van der Waals surface area contributed by atoms with Gasteiger partial charge in [-0.15, -0.1) is 4.41 Å². The van der Waals surface area contributed by atoms with E-state index in [-0.39, 0.29) is 22.0 Å². The molecule has 2 aromatic rings. The maximum absolute atomic E-state index is 12.7. The van der Waals surface area contributed by atoms with Crippen molar-refractivity contribution in [3.8, 4) is 0 Å². The van der Waals surface area contributed by atoms with E-state index in [1.807, 2.05) is 6.92 Å². The van der Waals surface area contributed by atoms with Crippen molar-refractivity contribution < 1.29 is 17.9 Å². The fourth-order valence-corrected chi connectivity index (χ4v) is 4.00. The summed E-state index contributed by atoms with van der Waals surface area (Å²) in [5, 5.41) is 0.188. The van der Waals surface area contributed by atoms with Crippen LogP contribution in [0, 0.1) is 6.92 Å². The number of aryl methyl sites for hydroxylation is 1. The van der Waals surface area contributed by atoms with Crippen molar-refractivity contribution in [2.24, 2.45) is 0 Å². The van der Waals surface area contributed by atoms with Crippen molar-refractivity contribution in [2.75, 3.05) is 12.5 Å². The minimum Gasteiger partial charge on any atom is -0.465 e. The number of halogens is 1. The normalized spacial score (nSPS) is 14.1. The first-order valence-corrected chi connectivity index (χ1v) is 8.92. The van der Waals surface area contributed by atoms with E-state index in [2.05, 4.69) is 10.2 Å². The monoisotopic (exact) mass is 366 g/mol. The number of hydrazine groups is 1. The predicted octanol–water partition coefficient (Wildman–Crippen LogP) is 2.97. The van der Waals surface area contributed by atoms with Gasteiger partial charge in [-0.3, -0.25) is 0 Å². The summed E-state index contributed by atoms with van der Waals surface area (Å²) in [7, 11) is -2.47. The van der Waals surface area contributed by atoms with Gasteiger partial charge in [0.1, 0.15) is 0 Å². The van der Waals surface area contributed by atoms with Crippen LogP contribution in [-0.4, -0.2) is 25.9 Å². The maximum atomic E-state index is 12.7. The number of fused-ring (bicyclic) bond motifs is 1. The molecular formula is C16H15ClN2O4S. The molecule has 1 aliphatic heterocycles. The summed E-state index contributed by atoms with van der Waals surface area (Å²) >= 11 is 6.25. The van der Waals surface area contributed by atoms with E-state index < -0.39 is 16.0 Å². The second kappa shape index (κ2) is 6.08. The third-order valence-electron chi connectivity index (χ3n) is 3.80. The number of rotatable bonds is 3. The highest BCUT2D eigenvalue weighted by Gasteiger charge is 2.33. The van der Waals surface area contributed by atoms with Crippen LogP contribution in [0.4, 0.5) is 5.69 Å². The fraction of sp³-hybridized carbons (Fsp3) is 0.188. The molecule has 0 atom stereocenters. The SMILES string of the molecule is COC(=O)c1ccc2c(c1Cl)CN(S(=O)(=O)c1ccc(C)cc1)N2. The van der Waals surface area contributed by atoms with Gasteiger partial charge < -0.3 is 10.2 Å². The Labute approximate surface area is 145 Å². The average molecular weight is 367 g/mol. The molecule has 1 aliphatic rings. The van der Waals surface area contributed by atoms with Crippen LogP contribution in [0.2, 0.25) is 5.02 Å². The highest BCUT2D eigenvalue weighted by atomic mass is 35.5. The number of carbonyl (C=O) groups is 1. The van der Waals surface area contributed by atoms with Crippen LogP contribution in [0.1, 0.15) is 21.5 Å². The molecule has 0 fully saturated rings. The summed E-state index contributed by atoms with van der Waals surface area (Å²) in [6.45, 7) is 1.91. The zero-order valence-electron chi connectivity index (χ0n) is 13.0. The lowest BCUT2D eigenvalue weighted by Gasteiger charge is -2.16. The lowest BCUT2D eigenvalue weighted by atomic mass is 10.1. The summed E-state index contributed by atoms with van der Waals surface area (Å²) in [6, 6.07) is 9.69. The number of carbonyl (C=O) groups excluding carboxylic acids is 1. The highest BCUT2D eigenvalue weighted by molar-refractivity contribution is 7.89. The van der Waals surface area contributed by atoms with Crippen molar-refractivity contribution in [2.45, 2.75) is 18.4 Å². The standard InChI is InChI=1S/C16H15ClN2O4S/c1-10-3-5-11(6-4-10)24(21,22)19-9-13-14(18-19)8-7-12(15(13)17)16(20)23-2/h3-8,18H,9H2,1-2H3. The van der Waals surface area contributed by atoms with Crippen LogP contribution in [-0.2, 0) is 21.3 Å². The molecule has 0 aliphatic carbocycles. The summed E-state index contributed by atoms with van der Waals surface area (Å²) in [6.07, 6.45) is 0. The number of hydrogen-bond acceptors (Lipinski definition) is 5. The summed E-state index contributed by atoms with van der Waals surface area (Å²) in [5.41, 5.74) is 5.08. The molecule has 1 N–H and O–H groups in total. The number of sulfonamides is 1. The number of nitrogens with one attached hydrogen (secondary N) is 1. The van der Waals surface area contributed by atoms with Gasteiger partial charge in [0.05, 0.1) is 34.8 Å². The van der Waals surface area contributed by atoms with E-state index in [1.54, 1.807) is 30.3 Å². The molecule has 3 rings (SSSR count). The van der Waals surface area contributed by atoms with Crippen LogP contribution in [0.3, 0.4) is 0 Å². The van der Waals surface area contributed by atoms with E-state index in [0.717, 1.165) is 9.98 Å². The quantitative estimate of drug-likeness (QED) is 0.845. The van der Waals surface area contributed by atoms with Crippen molar-refractivity contribution in [3.05, 3.63) is 58.1 Å². The minimum atomic E-state index is -3.73. The Kier molecular flexibility index (Phi) is 4.25. The molecule has 0 bridgehead atoms. The predicted molar refractivity (Wildman–Crippen MR) is 90.3 cm³/mol. The summed E-state index contributed by atoms with van der Waals surface area (Å²) in [4.78, 5) is 11.9. The Morgan fingerprint density at radius 3 is 2.50 bits per heavy atom. The molecule has 6 nitrogen and oxygen atoms in total. The van der Waals surface area contributed by atoms with Gasteiger partial charge in [-0.1, -0.05) is 29.3 Å². The molecule has 0 saturated heterocycles. The largest absolute Gasteiger partial charge is 0.465 e. The number of ether oxygens (including phenoxy) is 1. The number of anilines is 1. The van der Waals surface area contributed by atoms with Crippen LogP contribution in [0.25, 0.3) is 0 Å². The minimum absolute atomic E-state index is 0.0230. The maximum Gasteiger partial charge on any atom is 0.339 e. The average Bonchev–Trinajstić information content (AvgIpc) is 3.01. The molecule has 8 heteroatoms. The Morgan fingerprint density at radius 1 is 1.21 bits per heavy atom. The number of esters is 1. The van der Waals surface area contributed by atoms with Crippen molar-refractivity contribution >= 4 is 33.3 Å². The van der Waals surface area contributed by atoms with Crippen molar-refractivity contribution in [3.63, 3.8) is 0 Å². The second-order valence-corrected chi connectivity index (χ2v) is 7.62. The molecule has 0 aromatic heterocycles. The number of benzene rings is 2. The van der Waals surface area contributed by atoms with Gasteiger partial charge in [0, 0.05) is 5.56 Å². The van der Waals surface area contributed by atoms with E-state index in [9.17, 15) is 13.2 Å². The van der Waals surface area contributed by atoms with Crippen LogP contribution < -0.4 is 5.43 Å². The molecule has 0 radical (unpaired) electrons. The van der Waals surface area contributed by atoms with Gasteiger partial charge in [0.2, 0.25) is 0 Å². The van der Waals surface area contributed by atoms with Crippen molar-refractivity contribution in [1.29, 1.82) is 0 Å². The topological polar surface area (TPSA) is 75.7 Å². The van der Waals surface area contributed by atoms with Gasteiger partial charge in [-0.05, 0) is 31.2 Å². The number of hydrogen-bond donors (Lipinski definition) is 1. The van der Waals surface area contributed by atoms with Crippen LogP contribution >= 0.6 is 11.6 Å². The molecular weight excluding hydrogens is 352 g/mol.